The van der Waals surface area contributed by atoms with Gasteiger partial charge in [0.15, 0.2) is 0 Å². The molecule has 1 aromatic rings. The van der Waals surface area contributed by atoms with Gasteiger partial charge in [0.2, 0.25) is 11.8 Å². The molecule has 2 unspecified atom stereocenters. The first-order valence-electron chi connectivity index (χ1n) is 7.37. The van der Waals surface area contributed by atoms with Crippen molar-refractivity contribution in [3.8, 4) is 0 Å². The minimum Gasteiger partial charge on any atom is -0.344 e. The lowest BCUT2D eigenvalue weighted by Crippen LogP contribution is -2.48. The second-order valence-electron chi connectivity index (χ2n) is 5.59. The fraction of sp³-hybridized carbons (Fsp3) is 0.600. The van der Waals surface area contributed by atoms with E-state index < -0.39 is 6.04 Å². The maximum absolute atomic E-state index is 12.6. The van der Waals surface area contributed by atoms with E-state index in [0.29, 0.717) is 19.5 Å². The van der Waals surface area contributed by atoms with Crippen LogP contribution in [0.25, 0.3) is 0 Å². The van der Waals surface area contributed by atoms with Gasteiger partial charge in [-0.05, 0) is 12.8 Å². The number of carbonyl (C=O) groups is 2. The Morgan fingerprint density at radius 3 is 2.76 bits per heavy atom. The van der Waals surface area contributed by atoms with Crippen molar-refractivity contribution in [2.45, 2.75) is 46.2 Å². The van der Waals surface area contributed by atoms with Crippen LogP contribution in [0, 0.1) is 12.8 Å². The van der Waals surface area contributed by atoms with E-state index in [2.05, 4.69) is 15.3 Å². The van der Waals surface area contributed by atoms with Crippen LogP contribution in [0.4, 0.5) is 0 Å². The molecule has 0 bridgehead atoms. The fourth-order valence-electron chi connectivity index (χ4n) is 2.33. The van der Waals surface area contributed by atoms with Crippen molar-refractivity contribution < 1.29 is 9.59 Å². The topological polar surface area (TPSA) is 75.2 Å². The van der Waals surface area contributed by atoms with Crippen LogP contribution >= 0.6 is 0 Å². The number of carbonyl (C=O) groups excluding carboxylic acids is 2. The largest absolute Gasteiger partial charge is 0.344 e. The normalized spacial score (nSPS) is 20.9. The summed E-state index contributed by atoms with van der Waals surface area (Å²) in [4.78, 5) is 34.6. The number of rotatable bonds is 4. The first kappa shape index (κ1) is 15.4. The summed E-state index contributed by atoms with van der Waals surface area (Å²) in [5.41, 5.74) is 1.58. The summed E-state index contributed by atoms with van der Waals surface area (Å²) in [6, 6.07) is -0.441. The van der Waals surface area contributed by atoms with Crippen molar-refractivity contribution in [3.63, 3.8) is 0 Å². The summed E-state index contributed by atoms with van der Waals surface area (Å²) in [5, 5.41) is 2.84. The maximum atomic E-state index is 12.6. The van der Waals surface area contributed by atoms with Crippen LogP contribution in [0.15, 0.2) is 12.4 Å². The van der Waals surface area contributed by atoms with E-state index in [0.717, 1.165) is 17.8 Å². The van der Waals surface area contributed by atoms with Gasteiger partial charge >= 0.3 is 0 Å². The highest BCUT2D eigenvalue weighted by atomic mass is 16.2. The van der Waals surface area contributed by atoms with Gasteiger partial charge in [-0.25, -0.2) is 0 Å². The molecule has 6 heteroatoms. The molecule has 0 spiro atoms. The van der Waals surface area contributed by atoms with Crippen molar-refractivity contribution >= 4 is 11.8 Å². The van der Waals surface area contributed by atoms with E-state index in [4.69, 9.17) is 0 Å². The average molecular weight is 290 g/mol. The van der Waals surface area contributed by atoms with Crippen LogP contribution in [-0.2, 0) is 16.1 Å². The molecular weight excluding hydrogens is 268 g/mol. The van der Waals surface area contributed by atoms with Crippen LogP contribution in [0.3, 0.4) is 0 Å². The third-order valence-electron chi connectivity index (χ3n) is 3.90. The zero-order valence-corrected chi connectivity index (χ0v) is 12.8. The minimum atomic E-state index is -0.441. The summed E-state index contributed by atoms with van der Waals surface area (Å²) in [6.45, 7) is 6.69. The van der Waals surface area contributed by atoms with Crippen LogP contribution in [0.2, 0.25) is 0 Å². The highest BCUT2D eigenvalue weighted by Gasteiger charge is 2.33. The summed E-state index contributed by atoms with van der Waals surface area (Å²) in [7, 11) is 0. The van der Waals surface area contributed by atoms with Gasteiger partial charge in [0.05, 0.1) is 24.1 Å². The highest BCUT2D eigenvalue weighted by molar-refractivity contribution is 5.90. The number of aryl methyl sites for hydroxylation is 1. The fourth-order valence-corrected chi connectivity index (χ4v) is 2.33. The smallest absolute Gasteiger partial charge is 0.245 e. The van der Waals surface area contributed by atoms with E-state index in [-0.39, 0.29) is 17.7 Å². The van der Waals surface area contributed by atoms with E-state index in [1.165, 1.54) is 0 Å². The highest BCUT2D eigenvalue weighted by Crippen LogP contribution is 2.15. The van der Waals surface area contributed by atoms with Gasteiger partial charge in [-0.2, -0.15) is 0 Å². The van der Waals surface area contributed by atoms with Crippen LogP contribution in [-0.4, -0.2) is 39.3 Å². The summed E-state index contributed by atoms with van der Waals surface area (Å²) in [5.74, 6) is 0.0230. The lowest BCUT2D eigenvalue weighted by Gasteiger charge is -2.26. The molecule has 21 heavy (non-hydrogen) atoms. The van der Waals surface area contributed by atoms with Crippen LogP contribution in [0.1, 0.15) is 38.1 Å². The maximum Gasteiger partial charge on any atom is 0.245 e. The predicted octanol–water partition coefficient (Wildman–Crippen LogP) is 1.05. The lowest BCUT2D eigenvalue weighted by molar-refractivity contribution is -0.135. The summed E-state index contributed by atoms with van der Waals surface area (Å²) >= 11 is 0. The third-order valence-corrected chi connectivity index (χ3v) is 3.90. The quantitative estimate of drug-likeness (QED) is 0.899. The average Bonchev–Trinajstić information content (AvgIpc) is 2.62. The first-order valence-corrected chi connectivity index (χ1v) is 7.37. The Kier molecular flexibility index (Phi) is 4.88. The molecular formula is C15H22N4O2. The van der Waals surface area contributed by atoms with Gasteiger partial charge in [-0.15, -0.1) is 0 Å². The van der Waals surface area contributed by atoms with E-state index in [1.807, 2.05) is 20.8 Å². The molecule has 6 nitrogen and oxygen atoms in total. The number of hydrogen-bond acceptors (Lipinski definition) is 4. The predicted molar refractivity (Wildman–Crippen MR) is 78.2 cm³/mol. The second kappa shape index (κ2) is 6.65. The number of nitrogens with one attached hydrogen (secondary N) is 1. The molecule has 1 aromatic heterocycles. The first-order chi connectivity index (χ1) is 10.0. The van der Waals surface area contributed by atoms with Crippen molar-refractivity contribution in [1.29, 1.82) is 0 Å². The zero-order chi connectivity index (χ0) is 15.4. The number of hydrogen-bond donors (Lipinski definition) is 1. The van der Waals surface area contributed by atoms with E-state index >= 15 is 0 Å². The standard InChI is InChI=1S/C15H22N4O2/c1-4-10(2)14-15(21)19(6-5-13(20)18-14)9-12-8-16-11(3)7-17-12/h7-8,10,14H,4-6,9H2,1-3H3,(H,18,20). The number of aromatic nitrogens is 2. The Labute approximate surface area is 125 Å². The van der Waals surface area contributed by atoms with Crippen LogP contribution in [0.5, 0.6) is 0 Å². The molecule has 2 amide bonds. The second-order valence-corrected chi connectivity index (χ2v) is 5.59. The molecule has 0 aliphatic carbocycles. The molecule has 1 N–H and O–H groups in total. The van der Waals surface area contributed by atoms with Gasteiger partial charge in [0.25, 0.3) is 0 Å². The molecule has 2 rings (SSSR count). The Morgan fingerprint density at radius 2 is 2.14 bits per heavy atom. The molecule has 114 valence electrons. The molecule has 1 fully saturated rings. The SMILES string of the molecule is CCC(C)C1NC(=O)CCN(Cc2cnc(C)cn2)C1=O. The Balaban J connectivity index is 2.15. The van der Waals surface area contributed by atoms with Crippen molar-refractivity contribution in [1.82, 2.24) is 20.2 Å². The summed E-state index contributed by atoms with van der Waals surface area (Å²) in [6.07, 6.45) is 4.54. The van der Waals surface area contributed by atoms with Gasteiger partial charge < -0.3 is 10.2 Å². The monoisotopic (exact) mass is 290 g/mol. The van der Waals surface area contributed by atoms with Crippen molar-refractivity contribution in [2.75, 3.05) is 6.54 Å². The third kappa shape index (κ3) is 3.77. The molecule has 2 atom stereocenters. The molecule has 0 saturated carbocycles. The van der Waals surface area contributed by atoms with Gasteiger partial charge in [0.1, 0.15) is 6.04 Å². The number of nitrogens with zero attached hydrogens (tertiary/aromatic N) is 3. The Bertz CT molecular complexity index is 515. The van der Waals surface area contributed by atoms with Crippen molar-refractivity contribution in [2.24, 2.45) is 5.92 Å². The number of amides is 2. The van der Waals surface area contributed by atoms with Crippen molar-refractivity contribution in [3.05, 3.63) is 23.8 Å². The molecule has 0 radical (unpaired) electrons. The Hall–Kier alpha value is -1.98. The van der Waals surface area contributed by atoms with Crippen LogP contribution < -0.4 is 5.32 Å². The van der Waals surface area contributed by atoms with Gasteiger partial charge in [-0.3, -0.25) is 19.6 Å². The molecule has 1 aliphatic heterocycles. The summed E-state index contributed by atoms with van der Waals surface area (Å²) < 4.78 is 0. The van der Waals surface area contributed by atoms with E-state index in [1.54, 1.807) is 17.3 Å². The Morgan fingerprint density at radius 1 is 1.38 bits per heavy atom. The van der Waals surface area contributed by atoms with Gasteiger partial charge in [0, 0.05) is 19.2 Å². The van der Waals surface area contributed by atoms with E-state index in [9.17, 15) is 9.59 Å². The molecule has 1 aliphatic rings. The minimum absolute atomic E-state index is 0.0300. The zero-order valence-electron chi connectivity index (χ0n) is 12.8. The van der Waals surface area contributed by atoms with Gasteiger partial charge in [-0.1, -0.05) is 20.3 Å². The lowest BCUT2D eigenvalue weighted by atomic mass is 9.98. The molecule has 1 saturated heterocycles. The molecule has 2 heterocycles. The molecule has 0 aromatic carbocycles.